The van der Waals surface area contributed by atoms with Crippen LogP contribution in [0.4, 0.5) is 0 Å². The number of hydrogen-bond donors (Lipinski definition) is 0. The van der Waals surface area contributed by atoms with Crippen LogP contribution in [0.5, 0.6) is 11.5 Å². The van der Waals surface area contributed by atoms with Crippen molar-refractivity contribution in [2.75, 3.05) is 19.5 Å². The van der Waals surface area contributed by atoms with Crippen LogP contribution in [-0.2, 0) is 0 Å². The highest BCUT2D eigenvalue weighted by Gasteiger charge is 2.09. The molecule has 0 N–H and O–H groups in total. The molecule has 0 radical (unpaired) electrons. The Morgan fingerprint density at radius 1 is 1.08 bits per heavy atom. The fourth-order valence-corrected chi connectivity index (χ4v) is 3.28. The van der Waals surface area contributed by atoms with Gasteiger partial charge in [0.25, 0.3) is 5.78 Å². The summed E-state index contributed by atoms with van der Waals surface area (Å²) in [5.41, 5.74) is 2.05. The average molecular weight is 344 g/mol. The summed E-state index contributed by atoms with van der Waals surface area (Å²) in [7, 11) is 1.65. The third-order valence-electron chi connectivity index (χ3n) is 3.51. The maximum absolute atomic E-state index is 5.73. The maximum Gasteiger partial charge on any atom is 0.256 e. The third-order valence-corrected chi connectivity index (χ3v) is 4.53. The molecule has 0 saturated heterocycles. The summed E-state index contributed by atoms with van der Waals surface area (Å²) >= 11 is 1.67. The first-order valence-electron chi connectivity index (χ1n) is 7.76. The number of thioether (sulfide) groups is 1. The molecule has 24 heavy (non-hydrogen) atoms. The van der Waals surface area contributed by atoms with Gasteiger partial charge in [-0.05, 0) is 50.6 Å². The highest BCUT2D eigenvalue weighted by Crippen LogP contribution is 2.20. The number of aromatic nitrogens is 4. The van der Waals surface area contributed by atoms with Crippen LogP contribution < -0.4 is 9.47 Å². The van der Waals surface area contributed by atoms with Crippen molar-refractivity contribution in [3.8, 4) is 11.5 Å². The summed E-state index contributed by atoms with van der Waals surface area (Å²) in [6.07, 6.45) is 0.921. The highest BCUT2D eigenvalue weighted by atomic mass is 32.2. The van der Waals surface area contributed by atoms with Gasteiger partial charge < -0.3 is 9.47 Å². The average Bonchev–Trinajstić information content (AvgIpc) is 2.98. The topological polar surface area (TPSA) is 61.5 Å². The van der Waals surface area contributed by atoms with E-state index in [-0.39, 0.29) is 0 Å². The van der Waals surface area contributed by atoms with Gasteiger partial charge in [-0.25, -0.2) is 4.98 Å². The Hall–Kier alpha value is -2.28. The molecule has 0 aliphatic carbocycles. The van der Waals surface area contributed by atoms with Gasteiger partial charge in [0.2, 0.25) is 0 Å². The third kappa shape index (κ3) is 3.79. The Morgan fingerprint density at radius 3 is 2.58 bits per heavy atom. The van der Waals surface area contributed by atoms with Crippen molar-refractivity contribution < 1.29 is 9.47 Å². The summed E-state index contributed by atoms with van der Waals surface area (Å²) < 4.78 is 12.8. The van der Waals surface area contributed by atoms with Gasteiger partial charge in [0, 0.05) is 17.1 Å². The molecule has 6 nitrogen and oxygen atoms in total. The van der Waals surface area contributed by atoms with Crippen LogP contribution in [-0.4, -0.2) is 39.1 Å². The van der Waals surface area contributed by atoms with Crippen molar-refractivity contribution in [1.82, 2.24) is 19.6 Å². The SMILES string of the molecule is COc1ccc(OCCCSc2nnc3nc(C)cc(C)n23)cc1. The number of fused-ring (bicyclic) bond motifs is 1. The lowest BCUT2D eigenvalue weighted by molar-refractivity contribution is 0.318. The Morgan fingerprint density at radius 2 is 1.83 bits per heavy atom. The van der Waals surface area contributed by atoms with E-state index in [9.17, 15) is 0 Å². The standard InChI is InChI=1S/C17H20N4O2S/c1-12-11-13(2)21-16(18-12)19-20-17(21)24-10-4-9-23-15-7-5-14(22-3)6-8-15/h5-8,11H,4,9-10H2,1-3H3. The van der Waals surface area contributed by atoms with Crippen molar-refractivity contribution >= 4 is 17.5 Å². The quantitative estimate of drug-likeness (QED) is 0.484. The highest BCUT2D eigenvalue weighted by molar-refractivity contribution is 7.99. The predicted octanol–water partition coefficient (Wildman–Crippen LogP) is 3.31. The van der Waals surface area contributed by atoms with Crippen LogP contribution in [0, 0.1) is 13.8 Å². The van der Waals surface area contributed by atoms with Crippen molar-refractivity contribution in [2.24, 2.45) is 0 Å². The molecule has 0 spiro atoms. The number of aryl methyl sites for hydroxylation is 2. The Kier molecular flexibility index (Phi) is 5.20. The molecule has 0 saturated carbocycles. The molecule has 7 heteroatoms. The number of methoxy groups -OCH3 is 1. The lowest BCUT2D eigenvalue weighted by Gasteiger charge is -2.07. The molecule has 3 aromatic rings. The minimum Gasteiger partial charge on any atom is -0.497 e. The second-order valence-electron chi connectivity index (χ2n) is 5.38. The molecule has 0 atom stereocenters. The summed E-state index contributed by atoms with van der Waals surface area (Å²) in [6.45, 7) is 4.67. The molecule has 0 amide bonds. The predicted molar refractivity (Wildman–Crippen MR) is 94.1 cm³/mol. The molecule has 126 valence electrons. The first-order chi connectivity index (χ1) is 11.7. The fraction of sp³-hybridized carbons (Fsp3) is 0.353. The largest absolute Gasteiger partial charge is 0.497 e. The van der Waals surface area contributed by atoms with Gasteiger partial charge in [0.15, 0.2) is 5.16 Å². The van der Waals surface area contributed by atoms with E-state index in [4.69, 9.17) is 9.47 Å². The fourth-order valence-electron chi connectivity index (χ4n) is 2.38. The zero-order chi connectivity index (χ0) is 16.9. The smallest absolute Gasteiger partial charge is 0.256 e. The second kappa shape index (κ2) is 7.53. The molecule has 0 unspecified atom stereocenters. The van der Waals surface area contributed by atoms with Crippen molar-refractivity contribution in [3.05, 3.63) is 41.7 Å². The van der Waals surface area contributed by atoms with E-state index in [1.807, 2.05) is 48.6 Å². The second-order valence-corrected chi connectivity index (χ2v) is 6.44. The number of nitrogens with zero attached hydrogens (tertiary/aromatic N) is 4. The van der Waals surface area contributed by atoms with Gasteiger partial charge in [0.1, 0.15) is 11.5 Å². The minimum absolute atomic E-state index is 0.657. The van der Waals surface area contributed by atoms with Crippen molar-refractivity contribution in [3.63, 3.8) is 0 Å². The summed E-state index contributed by atoms with van der Waals surface area (Å²) in [4.78, 5) is 4.40. The van der Waals surface area contributed by atoms with Crippen LogP contribution in [0.2, 0.25) is 0 Å². The van der Waals surface area contributed by atoms with E-state index in [1.54, 1.807) is 18.9 Å². The van der Waals surface area contributed by atoms with Crippen LogP contribution in [0.15, 0.2) is 35.5 Å². The first-order valence-corrected chi connectivity index (χ1v) is 8.75. The monoisotopic (exact) mass is 344 g/mol. The molecule has 0 fully saturated rings. The van der Waals surface area contributed by atoms with Crippen LogP contribution in [0.1, 0.15) is 17.8 Å². The molecule has 2 aromatic heterocycles. The summed E-state index contributed by atoms with van der Waals surface area (Å²) in [6, 6.07) is 9.65. The van der Waals surface area contributed by atoms with Crippen molar-refractivity contribution in [2.45, 2.75) is 25.4 Å². The van der Waals surface area contributed by atoms with E-state index in [0.717, 1.165) is 40.2 Å². The first kappa shape index (κ1) is 16.6. The van der Waals surface area contributed by atoms with E-state index >= 15 is 0 Å². The Labute approximate surface area is 145 Å². The van der Waals surface area contributed by atoms with Gasteiger partial charge >= 0.3 is 0 Å². The van der Waals surface area contributed by atoms with E-state index in [1.165, 1.54) is 0 Å². The zero-order valence-corrected chi connectivity index (χ0v) is 14.8. The van der Waals surface area contributed by atoms with Crippen molar-refractivity contribution in [1.29, 1.82) is 0 Å². The van der Waals surface area contributed by atoms with E-state index in [2.05, 4.69) is 15.2 Å². The molecule has 2 heterocycles. The lowest BCUT2D eigenvalue weighted by atomic mass is 10.3. The van der Waals surface area contributed by atoms with E-state index < -0.39 is 0 Å². The normalized spacial score (nSPS) is 11.0. The van der Waals surface area contributed by atoms with Gasteiger partial charge in [-0.3, -0.25) is 4.40 Å². The van der Waals surface area contributed by atoms with Gasteiger partial charge in [-0.1, -0.05) is 11.8 Å². The molecular weight excluding hydrogens is 324 g/mol. The Bertz CT molecular complexity index is 817. The van der Waals surface area contributed by atoms with Crippen LogP contribution in [0.3, 0.4) is 0 Å². The van der Waals surface area contributed by atoms with Gasteiger partial charge in [-0.2, -0.15) is 0 Å². The number of ether oxygens (including phenoxy) is 2. The minimum atomic E-state index is 0.657. The zero-order valence-electron chi connectivity index (χ0n) is 14.0. The summed E-state index contributed by atoms with van der Waals surface area (Å²) in [5, 5.41) is 9.25. The Balaban J connectivity index is 1.50. The lowest BCUT2D eigenvalue weighted by Crippen LogP contribution is -2.00. The maximum atomic E-state index is 5.73. The van der Waals surface area contributed by atoms with Crippen LogP contribution >= 0.6 is 11.8 Å². The van der Waals surface area contributed by atoms with E-state index in [0.29, 0.717) is 12.4 Å². The number of benzene rings is 1. The molecular formula is C17H20N4O2S. The molecule has 0 aliphatic heterocycles. The molecule has 0 aliphatic rings. The molecule has 0 bridgehead atoms. The molecule has 3 rings (SSSR count). The summed E-state index contributed by atoms with van der Waals surface area (Å²) in [5.74, 6) is 3.24. The van der Waals surface area contributed by atoms with Crippen LogP contribution in [0.25, 0.3) is 5.78 Å². The number of rotatable bonds is 7. The van der Waals surface area contributed by atoms with Gasteiger partial charge in [0.05, 0.1) is 13.7 Å². The number of hydrogen-bond acceptors (Lipinski definition) is 6. The molecule has 1 aromatic carbocycles. The van der Waals surface area contributed by atoms with Gasteiger partial charge in [-0.15, -0.1) is 10.2 Å².